The number of aliphatic carboxylic acids is 1. The van der Waals surface area contributed by atoms with Gasteiger partial charge in [-0.25, -0.2) is 9.59 Å². The molecule has 0 radical (unpaired) electrons. The zero-order valence-electron chi connectivity index (χ0n) is 13.3. The molecule has 0 aromatic heterocycles. The molecule has 1 unspecified atom stereocenters. The van der Waals surface area contributed by atoms with E-state index < -0.39 is 17.5 Å². The average Bonchev–Trinajstić information content (AvgIpc) is 2.43. The number of urea groups is 1. The third kappa shape index (κ3) is 5.36. The minimum Gasteiger partial charge on any atom is -0.480 e. The fourth-order valence-corrected chi connectivity index (χ4v) is 1.92. The summed E-state index contributed by atoms with van der Waals surface area (Å²) >= 11 is 0. The quantitative estimate of drug-likeness (QED) is 0.602. The topological polar surface area (TPSA) is 81.7 Å². The highest BCUT2D eigenvalue weighted by atomic mass is 16.4. The van der Waals surface area contributed by atoms with Crippen molar-refractivity contribution >= 4 is 12.0 Å². The van der Waals surface area contributed by atoms with Crippen LogP contribution in [0.4, 0.5) is 4.79 Å². The Morgan fingerprint density at radius 2 is 1.80 bits per heavy atom. The SMILES string of the molecule is CCC(C)N(C)CCNC(=O)NC(CC)(CC)C(=O)O. The minimum absolute atomic E-state index is 0.360. The molecule has 3 N–H and O–H groups in total. The third-order valence-electron chi connectivity index (χ3n) is 4.06. The Morgan fingerprint density at radius 3 is 2.20 bits per heavy atom. The zero-order chi connectivity index (χ0) is 15.8. The second-order valence-electron chi connectivity index (χ2n) is 5.21. The number of nitrogens with zero attached hydrogens (tertiary/aromatic N) is 1. The van der Waals surface area contributed by atoms with Gasteiger partial charge in [-0.2, -0.15) is 0 Å². The van der Waals surface area contributed by atoms with Gasteiger partial charge >= 0.3 is 12.0 Å². The molecule has 0 spiro atoms. The van der Waals surface area contributed by atoms with Crippen LogP contribution in [0.15, 0.2) is 0 Å². The predicted molar refractivity (Wildman–Crippen MR) is 79.9 cm³/mol. The maximum atomic E-state index is 11.8. The van der Waals surface area contributed by atoms with Crippen LogP contribution in [0, 0.1) is 0 Å². The molecule has 0 saturated carbocycles. The molecule has 1 atom stereocenters. The Morgan fingerprint density at radius 1 is 1.25 bits per heavy atom. The number of hydrogen-bond donors (Lipinski definition) is 3. The average molecular weight is 287 g/mol. The largest absolute Gasteiger partial charge is 0.480 e. The van der Waals surface area contributed by atoms with E-state index in [0.29, 0.717) is 25.4 Å². The van der Waals surface area contributed by atoms with Crippen LogP contribution in [-0.4, -0.2) is 53.7 Å². The molecule has 0 aliphatic carbocycles. The Bertz CT molecular complexity index is 317. The van der Waals surface area contributed by atoms with Crippen LogP contribution in [0.25, 0.3) is 0 Å². The molecule has 0 rings (SSSR count). The zero-order valence-corrected chi connectivity index (χ0v) is 13.3. The first kappa shape index (κ1) is 18.7. The first-order valence-electron chi connectivity index (χ1n) is 7.32. The van der Waals surface area contributed by atoms with Crippen molar-refractivity contribution in [2.45, 2.75) is 58.5 Å². The van der Waals surface area contributed by atoms with Crippen molar-refractivity contribution in [2.75, 3.05) is 20.1 Å². The number of carbonyl (C=O) groups is 2. The highest BCUT2D eigenvalue weighted by Gasteiger charge is 2.36. The van der Waals surface area contributed by atoms with Gasteiger partial charge in [0.15, 0.2) is 0 Å². The Labute approximate surface area is 121 Å². The van der Waals surface area contributed by atoms with Crippen LogP contribution in [-0.2, 0) is 4.79 Å². The molecule has 0 heterocycles. The Balaban J connectivity index is 4.26. The molecule has 0 aliphatic rings. The monoisotopic (exact) mass is 287 g/mol. The number of carboxylic acid groups (broad SMARTS) is 1. The summed E-state index contributed by atoms with van der Waals surface area (Å²) in [5.41, 5.74) is -1.17. The van der Waals surface area contributed by atoms with E-state index in [1.54, 1.807) is 13.8 Å². The molecule has 6 nitrogen and oxygen atoms in total. The molecule has 0 bridgehead atoms. The molecule has 0 aromatic carbocycles. The van der Waals surface area contributed by atoms with Gasteiger partial charge in [0, 0.05) is 19.1 Å². The summed E-state index contributed by atoms with van der Waals surface area (Å²) in [6.07, 6.45) is 1.77. The van der Waals surface area contributed by atoms with E-state index in [4.69, 9.17) is 0 Å². The number of nitrogens with one attached hydrogen (secondary N) is 2. The lowest BCUT2D eigenvalue weighted by Gasteiger charge is -2.28. The van der Waals surface area contributed by atoms with Crippen LogP contribution in [0.2, 0.25) is 0 Å². The van der Waals surface area contributed by atoms with E-state index in [9.17, 15) is 14.7 Å². The van der Waals surface area contributed by atoms with Gasteiger partial charge in [-0.05, 0) is 33.2 Å². The first-order chi connectivity index (χ1) is 9.32. The summed E-state index contributed by atoms with van der Waals surface area (Å²) in [4.78, 5) is 25.2. The normalized spacial score (nSPS) is 13.1. The van der Waals surface area contributed by atoms with Gasteiger partial charge in [-0.3, -0.25) is 0 Å². The van der Waals surface area contributed by atoms with E-state index in [-0.39, 0.29) is 0 Å². The summed E-state index contributed by atoms with van der Waals surface area (Å²) in [5, 5.41) is 14.5. The number of carbonyl (C=O) groups excluding carboxylic acids is 1. The number of amides is 2. The van der Waals surface area contributed by atoms with E-state index in [1.165, 1.54) is 0 Å². The van der Waals surface area contributed by atoms with Crippen LogP contribution in [0.3, 0.4) is 0 Å². The fraction of sp³-hybridized carbons (Fsp3) is 0.857. The first-order valence-corrected chi connectivity index (χ1v) is 7.32. The van der Waals surface area contributed by atoms with Gasteiger partial charge in [-0.15, -0.1) is 0 Å². The summed E-state index contributed by atoms with van der Waals surface area (Å²) < 4.78 is 0. The highest BCUT2D eigenvalue weighted by Crippen LogP contribution is 2.15. The van der Waals surface area contributed by atoms with Gasteiger partial charge in [0.25, 0.3) is 0 Å². The summed E-state index contributed by atoms with van der Waals surface area (Å²) in [7, 11) is 2.01. The van der Waals surface area contributed by atoms with Gasteiger partial charge in [0.1, 0.15) is 5.54 Å². The molecule has 0 fully saturated rings. The van der Waals surface area contributed by atoms with Gasteiger partial charge < -0.3 is 20.6 Å². The number of likely N-dealkylation sites (N-methyl/N-ethyl adjacent to an activating group) is 1. The molecular formula is C14H29N3O3. The summed E-state index contributed by atoms with van der Waals surface area (Å²) in [5.74, 6) is -0.991. The predicted octanol–water partition coefficient (Wildman–Crippen LogP) is 1.66. The minimum atomic E-state index is -1.17. The maximum absolute atomic E-state index is 11.8. The van der Waals surface area contributed by atoms with E-state index >= 15 is 0 Å². The fourth-order valence-electron chi connectivity index (χ4n) is 1.92. The molecule has 118 valence electrons. The smallest absolute Gasteiger partial charge is 0.329 e. The summed E-state index contributed by atoms with van der Waals surface area (Å²) in [6.45, 7) is 8.99. The lowest BCUT2D eigenvalue weighted by atomic mass is 9.93. The standard InChI is InChI=1S/C14H29N3O3/c1-6-11(4)17(5)10-9-15-13(20)16-14(7-2,8-3)12(18)19/h11H,6-10H2,1-5H3,(H,18,19)(H2,15,16,20). The van der Waals surface area contributed by atoms with Crippen molar-refractivity contribution in [3.05, 3.63) is 0 Å². The van der Waals surface area contributed by atoms with Crippen molar-refractivity contribution in [3.63, 3.8) is 0 Å². The lowest BCUT2D eigenvalue weighted by molar-refractivity contribution is -0.144. The van der Waals surface area contributed by atoms with Crippen molar-refractivity contribution in [1.82, 2.24) is 15.5 Å². The Hall–Kier alpha value is -1.30. The second kappa shape index (κ2) is 8.79. The van der Waals surface area contributed by atoms with Gasteiger partial charge in [0.2, 0.25) is 0 Å². The Kier molecular flexibility index (Phi) is 8.22. The van der Waals surface area contributed by atoms with E-state index in [1.807, 2.05) is 7.05 Å². The molecule has 0 aliphatic heterocycles. The number of rotatable bonds is 9. The van der Waals surface area contributed by atoms with Crippen LogP contribution >= 0.6 is 0 Å². The molecule has 20 heavy (non-hydrogen) atoms. The number of carboxylic acids is 1. The van der Waals surface area contributed by atoms with E-state index in [0.717, 1.165) is 13.0 Å². The van der Waals surface area contributed by atoms with Crippen LogP contribution in [0.1, 0.15) is 47.0 Å². The second-order valence-corrected chi connectivity index (χ2v) is 5.21. The highest BCUT2D eigenvalue weighted by molar-refractivity contribution is 5.86. The molecular weight excluding hydrogens is 258 g/mol. The molecule has 0 aromatic rings. The molecule has 2 amide bonds. The number of hydrogen-bond acceptors (Lipinski definition) is 3. The van der Waals surface area contributed by atoms with Gasteiger partial charge in [0.05, 0.1) is 0 Å². The van der Waals surface area contributed by atoms with Crippen molar-refractivity contribution < 1.29 is 14.7 Å². The summed E-state index contributed by atoms with van der Waals surface area (Å²) in [6, 6.07) is 0.0397. The molecule has 6 heteroatoms. The van der Waals surface area contributed by atoms with Crippen LogP contribution in [0.5, 0.6) is 0 Å². The maximum Gasteiger partial charge on any atom is 0.329 e. The van der Waals surface area contributed by atoms with Crippen molar-refractivity contribution in [1.29, 1.82) is 0 Å². The van der Waals surface area contributed by atoms with E-state index in [2.05, 4.69) is 29.4 Å². The third-order valence-corrected chi connectivity index (χ3v) is 4.06. The molecule has 0 saturated heterocycles. The van der Waals surface area contributed by atoms with Crippen LogP contribution < -0.4 is 10.6 Å². The van der Waals surface area contributed by atoms with Gasteiger partial charge in [-0.1, -0.05) is 20.8 Å². The lowest BCUT2D eigenvalue weighted by Crippen LogP contribution is -2.57. The van der Waals surface area contributed by atoms with Crippen molar-refractivity contribution in [2.24, 2.45) is 0 Å². The van der Waals surface area contributed by atoms with Crippen molar-refractivity contribution in [3.8, 4) is 0 Å².